The average Bonchev–Trinajstić information content (AvgIpc) is 3.26. The lowest BCUT2D eigenvalue weighted by atomic mass is 10.2. The number of likely N-dealkylation sites (tertiary alicyclic amines) is 1. The van der Waals surface area contributed by atoms with E-state index in [0.29, 0.717) is 43.0 Å². The zero-order valence-corrected chi connectivity index (χ0v) is 14.2. The molecule has 24 heavy (non-hydrogen) atoms. The van der Waals surface area contributed by atoms with Gasteiger partial charge in [0.1, 0.15) is 0 Å². The summed E-state index contributed by atoms with van der Waals surface area (Å²) in [6.07, 6.45) is 1.58. The van der Waals surface area contributed by atoms with E-state index in [0.717, 1.165) is 19.5 Å². The molecule has 0 bridgehead atoms. The second-order valence-corrected chi connectivity index (χ2v) is 6.00. The summed E-state index contributed by atoms with van der Waals surface area (Å²) < 4.78 is 10.5. The van der Waals surface area contributed by atoms with Crippen molar-refractivity contribution in [3.8, 4) is 0 Å². The Morgan fingerprint density at radius 1 is 1.38 bits per heavy atom. The maximum atomic E-state index is 12.1. The Balaban J connectivity index is 1.61. The Labute approximate surface area is 140 Å². The van der Waals surface area contributed by atoms with Gasteiger partial charge in [-0.05, 0) is 6.42 Å². The van der Waals surface area contributed by atoms with E-state index in [9.17, 15) is 4.79 Å². The summed E-state index contributed by atoms with van der Waals surface area (Å²) in [4.78, 5) is 20.4. The number of hydrogen-bond donors (Lipinski definition) is 0. The van der Waals surface area contributed by atoms with Gasteiger partial charge < -0.3 is 13.8 Å². The predicted molar refractivity (Wildman–Crippen MR) is 82.6 cm³/mol. The third-order valence-corrected chi connectivity index (χ3v) is 4.14. The van der Waals surface area contributed by atoms with Gasteiger partial charge in [0, 0.05) is 39.4 Å². The second-order valence-electron chi connectivity index (χ2n) is 6.00. The molecule has 0 spiro atoms. The van der Waals surface area contributed by atoms with E-state index in [4.69, 9.17) is 8.94 Å². The lowest BCUT2D eigenvalue weighted by molar-refractivity contribution is -0.131. The molecular weight excluding hydrogens is 312 g/mol. The minimum atomic E-state index is 0.0123. The fourth-order valence-corrected chi connectivity index (χ4v) is 2.95. The normalized spacial score (nSPS) is 18.2. The molecule has 1 aliphatic rings. The largest absolute Gasteiger partial charge is 0.424 e. The quantitative estimate of drug-likeness (QED) is 0.769. The topological polar surface area (TPSA) is 101 Å². The molecule has 0 radical (unpaired) electrons. The zero-order chi connectivity index (χ0) is 17.1. The first-order valence-corrected chi connectivity index (χ1v) is 8.15. The first-order valence-electron chi connectivity index (χ1n) is 8.15. The summed E-state index contributed by atoms with van der Waals surface area (Å²) in [5.41, 5.74) is 0. The van der Waals surface area contributed by atoms with Crippen LogP contribution in [0.4, 0.5) is 0 Å². The van der Waals surface area contributed by atoms with Gasteiger partial charge in [-0.1, -0.05) is 12.1 Å². The molecule has 0 N–H and O–H groups in total. The molecule has 1 unspecified atom stereocenters. The Hall–Kier alpha value is -2.29. The van der Waals surface area contributed by atoms with Gasteiger partial charge in [0.2, 0.25) is 23.6 Å². The van der Waals surface area contributed by atoms with E-state index >= 15 is 0 Å². The van der Waals surface area contributed by atoms with Gasteiger partial charge in [-0.2, -0.15) is 4.98 Å². The number of hydrogen-bond acceptors (Lipinski definition) is 8. The zero-order valence-electron chi connectivity index (χ0n) is 14.2. The summed E-state index contributed by atoms with van der Waals surface area (Å²) in [6.45, 7) is 7.92. The van der Waals surface area contributed by atoms with Crippen molar-refractivity contribution in [2.75, 3.05) is 13.1 Å². The van der Waals surface area contributed by atoms with Crippen molar-refractivity contribution in [1.29, 1.82) is 0 Å². The number of aryl methyl sites for hydroxylation is 2. The third kappa shape index (κ3) is 3.78. The van der Waals surface area contributed by atoms with Crippen molar-refractivity contribution in [1.82, 2.24) is 30.1 Å². The fourth-order valence-electron chi connectivity index (χ4n) is 2.95. The summed E-state index contributed by atoms with van der Waals surface area (Å²) in [7, 11) is 0. The number of rotatable bonds is 6. The maximum Gasteiger partial charge on any atom is 0.230 e. The number of nitrogens with zero attached hydrogens (tertiary/aromatic N) is 6. The van der Waals surface area contributed by atoms with Crippen LogP contribution in [0.1, 0.15) is 43.8 Å². The predicted octanol–water partition coefficient (Wildman–Crippen LogP) is 0.946. The molecule has 1 fully saturated rings. The third-order valence-electron chi connectivity index (χ3n) is 4.14. The van der Waals surface area contributed by atoms with Crippen LogP contribution in [-0.4, -0.2) is 55.2 Å². The Bertz CT molecular complexity index is 697. The van der Waals surface area contributed by atoms with Gasteiger partial charge in [0.25, 0.3) is 0 Å². The molecule has 2 aromatic heterocycles. The highest BCUT2D eigenvalue weighted by Gasteiger charge is 2.31. The first-order chi connectivity index (χ1) is 11.5. The summed E-state index contributed by atoms with van der Waals surface area (Å²) >= 11 is 0. The molecule has 1 saturated heterocycles. The summed E-state index contributed by atoms with van der Waals surface area (Å²) in [6, 6.07) is 0.120. The minimum Gasteiger partial charge on any atom is -0.424 e. The second kappa shape index (κ2) is 7.08. The van der Waals surface area contributed by atoms with Crippen LogP contribution in [-0.2, 0) is 24.3 Å². The molecule has 0 saturated carbocycles. The van der Waals surface area contributed by atoms with Crippen LogP contribution in [0.5, 0.6) is 0 Å². The van der Waals surface area contributed by atoms with Crippen LogP contribution in [0.2, 0.25) is 0 Å². The van der Waals surface area contributed by atoms with Gasteiger partial charge in [0.05, 0.1) is 13.1 Å². The standard InChI is InChI=1S/C15H22N6O3/c1-4-14-16-13(19-24-14)8-21(11(3)22)12-5-6-20(7-12)9-15-18-17-10(2)23-15/h12H,4-9H2,1-3H3. The first kappa shape index (κ1) is 16.6. The summed E-state index contributed by atoms with van der Waals surface area (Å²) in [5.74, 6) is 2.32. The maximum absolute atomic E-state index is 12.1. The van der Waals surface area contributed by atoms with Crippen LogP contribution in [0.25, 0.3) is 0 Å². The van der Waals surface area contributed by atoms with Gasteiger partial charge in [-0.25, -0.2) is 0 Å². The smallest absolute Gasteiger partial charge is 0.230 e. The van der Waals surface area contributed by atoms with E-state index in [1.165, 1.54) is 0 Å². The van der Waals surface area contributed by atoms with Gasteiger partial charge in [0.15, 0.2) is 5.82 Å². The van der Waals surface area contributed by atoms with Crippen LogP contribution >= 0.6 is 0 Å². The number of carbonyl (C=O) groups is 1. The Morgan fingerprint density at radius 2 is 2.21 bits per heavy atom. The monoisotopic (exact) mass is 334 g/mol. The molecule has 9 heteroatoms. The number of amides is 1. The van der Waals surface area contributed by atoms with Crippen LogP contribution in [0.3, 0.4) is 0 Å². The Kier molecular flexibility index (Phi) is 4.89. The molecule has 130 valence electrons. The van der Waals surface area contributed by atoms with Gasteiger partial charge in [-0.3, -0.25) is 9.69 Å². The van der Waals surface area contributed by atoms with Crippen LogP contribution in [0, 0.1) is 6.92 Å². The molecule has 2 aromatic rings. The highest BCUT2D eigenvalue weighted by atomic mass is 16.5. The fraction of sp³-hybridized carbons (Fsp3) is 0.667. The van der Waals surface area contributed by atoms with E-state index in [2.05, 4.69) is 25.2 Å². The lowest BCUT2D eigenvalue weighted by Crippen LogP contribution is -2.40. The molecule has 1 atom stereocenters. The molecule has 3 rings (SSSR count). The van der Waals surface area contributed by atoms with Crippen molar-refractivity contribution in [3.63, 3.8) is 0 Å². The highest BCUT2D eigenvalue weighted by Crippen LogP contribution is 2.19. The molecule has 3 heterocycles. The average molecular weight is 334 g/mol. The number of carbonyl (C=O) groups excluding carboxylic acids is 1. The van der Waals surface area contributed by atoms with Crippen LogP contribution in [0.15, 0.2) is 8.94 Å². The SMILES string of the molecule is CCc1nc(CN(C(C)=O)C2CCN(Cc3nnc(C)o3)C2)no1. The minimum absolute atomic E-state index is 0.0123. The Morgan fingerprint density at radius 3 is 2.83 bits per heavy atom. The van der Waals surface area contributed by atoms with E-state index in [1.807, 2.05) is 11.8 Å². The lowest BCUT2D eigenvalue weighted by Gasteiger charge is -2.26. The molecule has 1 aliphatic heterocycles. The van der Waals surface area contributed by atoms with Crippen molar-refractivity contribution in [2.24, 2.45) is 0 Å². The summed E-state index contributed by atoms with van der Waals surface area (Å²) in [5, 5.41) is 11.8. The molecule has 0 aromatic carbocycles. The van der Waals surface area contributed by atoms with Crippen molar-refractivity contribution in [3.05, 3.63) is 23.5 Å². The van der Waals surface area contributed by atoms with E-state index in [1.54, 1.807) is 13.8 Å². The van der Waals surface area contributed by atoms with Gasteiger partial charge in [-0.15, -0.1) is 10.2 Å². The van der Waals surface area contributed by atoms with E-state index in [-0.39, 0.29) is 11.9 Å². The number of aromatic nitrogens is 4. The molecule has 0 aliphatic carbocycles. The van der Waals surface area contributed by atoms with Crippen molar-refractivity contribution < 1.29 is 13.7 Å². The van der Waals surface area contributed by atoms with Gasteiger partial charge >= 0.3 is 0 Å². The van der Waals surface area contributed by atoms with Crippen molar-refractivity contribution >= 4 is 5.91 Å². The molecular formula is C15H22N6O3. The van der Waals surface area contributed by atoms with E-state index < -0.39 is 0 Å². The molecule has 9 nitrogen and oxygen atoms in total. The van der Waals surface area contributed by atoms with Crippen LogP contribution < -0.4 is 0 Å². The molecule has 1 amide bonds. The van der Waals surface area contributed by atoms with Crippen molar-refractivity contribution in [2.45, 2.75) is 52.7 Å². The highest BCUT2D eigenvalue weighted by molar-refractivity contribution is 5.73.